The fourth-order valence-corrected chi connectivity index (χ4v) is 2.56. The SMILES string of the molecule is C[C@@H]1CN(C(=O)O)CC[C@@H]1Nc1ncc(C(F)(F)F)c(Cl)n1. The highest BCUT2D eigenvalue weighted by Crippen LogP contribution is 2.33. The van der Waals surface area contributed by atoms with Gasteiger partial charge in [-0.2, -0.15) is 13.2 Å². The number of aromatic nitrogens is 2. The third-order valence-corrected chi connectivity index (χ3v) is 3.83. The van der Waals surface area contributed by atoms with E-state index in [0.29, 0.717) is 25.7 Å². The van der Waals surface area contributed by atoms with E-state index < -0.39 is 23.0 Å². The number of hydrogen-bond acceptors (Lipinski definition) is 4. The maximum atomic E-state index is 12.6. The maximum Gasteiger partial charge on any atom is 0.420 e. The normalized spacial score (nSPS) is 22.5. The van der Waals surface area contributed by atoms with Gasteiger partial charge in [-0.05, 0) is 12.3 Å². The summed E-state index contributed by atoms with van der Waals surface area (Å²) in [5.41, 5.74) is -1.09. The summed E-state index contributed by atoms with van der Waals surface area (Å²) in [5.74, 6) is -0.0341. The van der Waals surface area contributed by atoms with Crippen molar-refractivity contribution in [2.45, 2.75) is 25.6 Å². The summed E-state index contributed by atoms with van der Waals surface area (Å²) in [6.07, 6.45) is -4.45. The van der Waals surface area contributed by atoms with Crippen LogP contribution in [-0.2, 0) is 6.18 Å². The van der Waals surface area contributed by atoms with Crippen LogP contribution in [0.4, 0.5) is 23.9 Å². The maximum absolute atomic E-state index is 12.6. The number of likely N-dealkylation sites (tertiary alicyclic amines) is 1. The molecule has 10 heteroatoms. The van der Waals surface area contributed by atoms with Crippen LogP contribution in [-0.4, -0.2) is 45.2 Å². The number of carboxylic acid groups (broad SMARTS) is 1. The predicted molar refractivity (Wildman–Crippen MR) is 72.8 cm³/mol. The van der Waals surface area contributed by atoms with Crippen molar-refractivity contribution >= 4 is 23.6 Å². The van der Waals surface area contributed by atoms with Gasteiger partial charge >= 0.3 is 12.3 Å². The van der Waals surface area contributed by atoms with Crippen molar-refractivity contribution in [3.05, 3.63) is 16.9 Å². The summed E-state index contributed by atoms with van der Waals surface area (Å²) in [5, 5.41) is 11.2. The Morgan fingerprint density at radius 3 is 2.73 bits per heavy atom. The Bertz CT molecular complexity index is 570. The van der Waals surface area contributed by atoms with Crippen LogP contribution >= 0.6 is 11.6 Å². The molecule has 2 atom stereocenters. The molecule has 0 radical (unpaired) electrons. The predicted octanol–water partition coefficient (Wildman–Crippen LogP) is 2.95. The number of carbonyl (C=O) groups is 1. The first-order valence-electron chi connectivity index (χ1n) is 6.52. The van der Waals surface area contributed by atoms with Crippen molar-refractivity contribution in [3.8, 4) is 0 Å². The number of nitrogens with one attached hydrogen (secondary N) is 1. The summed E-state index contributed by atoms with van der Waals surface area (Å²) >= 11 is 5.54. The Morgan fingerprint density at radius 1 is 1.55 bits per heavy atom. The molecule has 1 amide bonds. The van der Waals surface area contributed by atoms with Crippen LogP contribution < -0.4 is 5.32 Å². The minimum absolute atomic E-state index is 0.00127. The van der Waals surface area contributed by atoms with Crippen molar-refractivity contribution < 1.29 is 23.1 Å². The van der Waals surface area contributed by atoms with Gasteiger partial charge in [0.1, 0.15) is 10.7 Å². The molecule has 1 fully saturated rings. The van der Waals surface area contributed by atoms with Crippen molar-refractivity contribution in [2.24, 2.45) is 5.92 Å². The van der Waals surface area contributed by atoms with Crippen LogP contribution in [0, 0.1) is 5.92 Å². The molecule has 1 aliphatic rings. The highest BCUT2D eigenvalue weighted by atomic mass is 35.5. The van der Waals surface area contributed by atoms with Crippen LogP contribution in [0.2, 0.25) is 5.15 Å². The number of anilines is 1. The monoisotopic (exact) mass is 338 g/mol. The molecule has 0 saturated carbocycles. The fraction of sp³-hybridized carbons (Fsp3) is 0.583. The van der Waals surface area contributed by atoms with Crippen LogP contribution in [0.5, 0.6) is 0 Å². The van der Waals surface area contributed by atoms with Gasteiger partial charge in [0.15, 0.2) is 0 Å². The van der Waals surface area contributed by atoms with Gasteiger partial charge in [-0.25, -0.2) is 14.8 Å². The average molecular weight is 339 g/mol. The van der Waals surface area contributed by atoms with Gasteiger partial charge in [0.05, 0.1) is 0 Å². The second-order valence-electron chi connectivity index (χ2n) is 5.14. The molecule has 0 spiro atoms. The van der Waals surface area contributed by atoms with Crippen LogP contribution in [0.15, 0.2) is 6.20 Å². The molecule has 0 aliphatic carbocycles. The van der Waals surface area contributed by atoms with Gasteiger partial charge in [-0.15, -0.1) is 0 Å². The topological polar surface area (TPSA) is 78.4 Å². The minimum atomic E-state index is -4.60. The molecule has 1 aromatic heterocycles. The Balaban J connectivity index is 2.06. The summed E-state index contributed by atoms with van der Waals surface area (Å²) in [4.78, 5) is 19.4. The molecule has 1 aliphatic heterocycles. The first kappa shape index (κ1) is 16.6. The number of nitrogens with zero attached hydrogens (tertiary/aromatic N) is 3. The largest absolute Gasteiger partial charge is 0.465 e. The minimum Gasteiger partial charge on any atom is -0.465 e. The molecule has 2 rings (SSSR count). The number of halogens is 4. The highest BCUT2D eigenvalue weighted by Gasteiger charge is 2.35. The van der Waals surface area contributed by atoms with E-state index in [4.69, 9.17) is 16.7 Å². The molecular weight excluding hydrogens is 325 g/mol. The molecule has 6 nitrogen and oxygen atoms in total. The van der Waals surface area contributed by atoms with Gasteiger partial charge in [-0.3, -0.25) is 0 Å². The smallest absolute Gasteiger partial charge is 0.420 e. The summed E-state index contributed by atoms with van der Waals surface area (Å²) in [7, 11) is 0. The third kappa shape index (κ3) is 3.70. The van der Waals surface area contributed by atoms with Crippen LogP contribution in [0.3, 0.4) is 0 Å². The number of alkyl halides is 3. The molecule has 2 heterocycles. The number of hydrogen-bond donors (Lipinski definition) is 2. The van der Waals surface area contributed by atoms with Crippen LogP contribution in [0.25, 0.3) is 0 Å². The van der Waals surface area contributed by atoms with E-state index in [2.05, 4.69) is 15.3 Å². The summed E-state index contributed by atoms with van der Waals surface area (Å²) in [6, 6.07) is -0.136. The van der Waals surface area contributed by atoms with E-state index in [1.807, 2.05) is 6.92 Å². The zero-order chi connectivity index (χ0) is 16.5. The van der Waals surface area contributed by atoms with Gasteiger partial charge < -0.3 is 15.3 Å². The van der Waals surface area contributed by atoms with Gasteiger partial charge in [0, 0.05) is 25.3 Å². The molecule has 1 aromatic rings. The Labute approximate surface area is 129 Å². The van der Waals surface area contributed by atoms with E-state index in [1.165, 1.54) is 4.90 Å². The van der Waals surface area contributed by atoms with Crippen molar-refractivity contribution in [1.29, 1.82) is 0 Å². The lowest BCUT2D eigenvalue weighted by atomic mass is 9.94. The zero-order valence-corrected chi connectivity index (χ0v) is 12.3. The molecule has 22 heavy (non-hydrogen) atoms. The Kier molecular flexibility index (Phi) is 4.64. The molecule has 1 saturated heterocycles. The second kappa shape index (κ2) is 6.15. The van der Waals surface area contributed by atoms with E-state index in [1.54, 1.807) is 0 Å². The van der Waals surface area contributed by atoms with E-state index in [-0.39, 0.29) is 17.9 Å². The number of piperidine rings is 1. The van der Waals surface area contributed by atoms with Gasteiger partial charge in [0.2, 0.25) is 5.95 Å². The Hall–Kier alpha value is -1.77. The molecule has 0 bridgehead atoms. The molecule has 0 unspecified atom stereocenters. The second-order valence-corrected chi connectivity index (χ2v) is 5.50. The van der Waals surface area contributed by atoms with Crippen molar-refractivity contribution in [3.63, 3.8) is 0 Å². The fourth-order valence-electron chi connectivity index (χ4n) is 2.32. The average Bonchev–Trinajstić information content (AvgIpc) is 2.39. The van der Waals surface area contributed by atoms with Crippen molar-refractivity contribution in [2.75, 3.05) is 18.4 Å². The molecule has 0 aromatic carbocycles. The number of amides is 1. The zero-order valence-electron chi connectivity index (χ0n) is 11.6. The lowest BCUT2D eigenvalue weighted by Crippen LogP contribution is -2.47. The van der Waals surface area contributed by atoms with Gasteiger partial charge in [-0.1, -0.05) is 18.5 Å². The van der Waals surface area contributed by atoms with E-state index in [0.717, 1.165) is 0 Å². The lowest BCUT2D eigenvalue weighted by molar-refractivity contribution is -0.137. The Morgan fingerprint density at radius 2 is 2.23 bits per heavy atom. The van der Waals surface area contributed by atoms with E-state index in [9.17, 15) is 18.0 Å². The molecule has 2 N–H and O–H groups in total. The quantitative estimate of drug-likeness (QED) is 0.811. The van der Waals surface area contributed by atoms with Crippen LogP contribution in [0.1, 0.15) is 18.9 Å². The molecule has 122 valence electrons. The first-order valence-corrected chi connectivity index (χ1v) is 6.90. The standard InChI is InChI=1S/C12H14ClF3N4O2/c1-6-5-20(11(21)22)3-2-8(6)18-10-17-4-7(9(13)19-10)12(14,15)16/h4,6,8H,2-3,5H2,1H3,(H,21,22)(H,17,18,19)/t6-,8+/m1/s1. The molecular formula is C12H14ClF3N4O2. The lowest BCUT2D eigenvalue weighted by Gasteiger charge is -2.35. The highest BCUT2D eigenvalue weighted by molar-refractivity contribution is 6.30. The summed E-state index contributed by atoms with van der Waals surface area (Å²) in [6.45, 7) is 2.52. The first-order chi connectivity index (χ1) is 10.2. The van der Waals surface area contributed by atoms with Gasteiger partial charge in [0.25, 0.3) is 0 Å². The van der Waals surface area contributed by atoms with E-state index >= 15 is 0 Å². The number of rotatable bonds is 2. The third-order valence-electron chi connectivity index (χ3n) is 3.54. The van der Waals surface area contributed by atoms with Crippen molar-refractivity contribution in [1.82, 2.24) is 14.9 Å². The summed E-state index contributed by atoms with van der Waals surface area (Å²) < 4.78 is 37.7.